The van der Waals surface area contributed by atoms with Gasteiger partial charge in [-0.1, -0.05) is 18.2 Å². The van der Waals surface area contributed by atoms with E-state index in [0.29, 0.717) is 6.42 Å². The lowest BCUT2D eigenvalue weighted by Gasteiger charge is -2.35. The van der Waals surface area contributed by atoms with E-state index in [9.17, 15) is 9.59 Å². The van der Waals surface area contributed by atoms with Crippen LogP contribution in [0.1, 0.15) is 12.5 Å². The number of amides is 2. The maximum Gasteiger partial charge on any atom is 0.228 e. The Labute approximate surface area is 164 Å². The van der Waals surface area contributed by atoms with Crippen molar-refractivity contribution < 1.29 is 9.59 Å². The minimum atomic E-state index is -0.0347. The molecule has 2 N–H and O–H groups in total. The highest BCUT2D eigenvalue weighted by Gasteiger charge is 2.18. The predicted molar refractivity (Wildman–Crippen MR) is 112 cm³/mol. The summed E-state index contributed by atoms with van der Waals surface area (Å²) in [5.74, 6) is 0.0977. The summed E-state index contributed by atoms with van der Waals surface area (Å²) in [5, 5.41) is 4.05. The molecule has 2 heterocycles. The van der Waals surface area contributed by atoms with E-state index >= 15 is 0 Å². The van der Waals surface area contributed by atoms with E-state index < -0.39 is 0 Å². The first-order valence-corrected chi connectivity index (χ1v) is 9.55. The molecule has 1 aliphatic heterocycles. The molecule has 28 heavy (non-hydrogen) atoms. The standard InChI is InChI=1S/C22H24N4O2/c1-16(27)25-10-12-26(13-11-25)19-8-6-18(7-9-19)24-22(28)14-17-15-23-21-5-3-2-4-20(17)21/h2-9,15,23H,10-14H2,1H3,(H,24,28). The summed E-state index contributed by atoms with van der Waals surface area (Å²) in [6.45, 7) is 4.76. The van der Waals surface area contributed by atoms with Crippen molar-refractivity contribution in [3.8, 4) is 0 Å². The molecule has 6 nitrogen and oxygen atoms in total. The van der Waals surface area contributed by atoms with Crippen LogP contribution in [0.15, 0.2) is 54.7 Å². The molecule has 0 bridgehead atoms. The van der Waals surface area contributed by atoms with Crippen LogP contribution >= 0.6 is 0 Å². The zero-order valence-electron chi connectivity index (χ0n) is 15.9. The van der Waals surface area contributed by atoms with E-state index in [2.05, 4.69) is 15.2 Å². The number of para-hydroxylation sites is 1. The average Bonchev–Trinajstić information content (AvgIpc) is 3.11. The Kier molecular flexibility index (Phi) is 5.02. The van der Waals surface area contributed by atoms with E-state index in [1.165, 1.54) is 0 Å². The number of benzene rings is 2. The van der Waals surface area contributed by atoms with E-state index in [-0.39, 0.29) is 11.8 Å². The second-order valence-corrected chi connectivity index (χ2v) is 7.12. The van der Waals surface area contributed by atoms with Crippen molar-refractivity contribution in [2.24, 2.45) is 0 Å². The van der Waals surface area contributed by atoms with Gasteiger partial charge in [0.05, 0.1) is 6.42 Å². The highest BCUT2D eigenvalue weighted by Crippen LogP contribution is 2.21. The van der Waals surface area contributed by atoms with Crippen molar-refractivity contribution in [1.29, 1.82) is 0 Å². The van der Waals surface area contributed by atoms with Crippen LogP contribution in [-0.2, 0) is 16.0 Å². The van der Waals surface area contributed by atoms with E-state index in [4.69, 9.17) is 0 Å². The summed E-state index contributed by atoms with van der Waals surface area (Å²) in [6.07, 6.45) is 2.23. The smallest absolute Gasteiger partial charge is 0.228 e. The number of nitrogens with one attached hydrogen (secondary N) is 2. The summed E-state index contributed by atoms with van der Waals surface area (Å²) in [7, 11) is 0. The van der Waals surface area contributed by atoms with Gasteiger partial charge in [-0.05, 0) is 35.9 Å². The molecule has 1 aromatic heterocycles. The molecular formula is C22H24N4O2. The minimum absolute atomic E-state index is 0.0347. The Morgan fingerprint density at radius 2 is 1.71 bits per heavy atom. The molecule has 1 fully saturated rings. The van der Waals surface area contributed by atoms with Crippen molar-refractivity contribution >= 4 is 34.1 Å². The molecule has 2 amide bonds. The third kappa shape index (κ3) is 3.86. The van der Waals surface area contributed by atoms with Crippen molar-refractivity contribution in [3.63, 3.8) is 0 Å². The van der Waals surface area contributed by atoms with Crippen LogP contribution in [0.5, 0.6) is 0 Å². The Hall–Kier alpha value is -3.28. The number of anilines is 2. The van der Waals surface area contributed by atoms with Crippen molar-refractivity contribution in [2.45, 2.75) is 13.3 Å². The van der Waals surface area contributed by atoms with Gasteiger partial charge in [0, 0.05) is 61.6 Å². The molecule has 0 saturated carbocycles. The Bertz CT molecular complexity index is 985. The molecule has 0 aliphatic carbocycles. The van der Waals surface area contributed by atoms with Gasteiger partial charge >= 0.3 is 0 Å². The zero-order valence-corrected chi connectivity index (χ0v) is 15.9. The van der Waals surface area contributed by atoms with Gasteiger partial charge in [-0.3, -0.25) is 9.59 Å². The monoisotopic (exact) mass is 376 g/mol. The molecule has 144 valence electrons. The SMILES string of the molecule is CC(=O)N1CCN(c2ccc(NC(=O)Cc3c[nH]c4ccccc34)cc2)CC1. The lowest BCUT2D eigenvalue weighted by molar-refractivity contribution is -0.129. The number of carbonyl (C=O) groups excluding carboxylic acids is 2. The van der Waals surface area contributed by atoms with E-state index in [1.807, 2.05) is 59.6 Å². The van der Waals surface area contributed by atoms with Gasteiger partial charge in [-0.15, -0.1) is 0 Å². The number of carbonyl (C=O) groups is 2. The average molecular weight is 376 g/mol. The first-order valence-electron chi connectivity index (χ1n) is 9.55. The summed E-state index contributed by atoms with van der Waals surface area (Å²) >= 11 is 0. The minimum Gasteiger partial charge on any atom is -0.368 e. The summed E-state index contributed by atoms with van der Waals surface area (Å²) < 4.78 is 0. The first kappa shape index (κ1) is 18.1. The van der Waals surface area contributed by atoms with Crippen molar-refractivity contribution in [2.75, 3.05) is 36.4 Å². The topological polar surface area (TPSA) is 68.4 Å². The Morgan fingerprint density at radius 3 is 2.43 bits per heavy atom. The number of aromatic amines is 1. The molecule has 0 unspecified atom stereocenters. The fourth-order valence-corrected chi connectivity index (χ4v) is 3.69. The number of hydrogen-bond donors (Lipinski definition) is 2. The van der Waals surface area contributed by atoms with Gasteiger partial charge in [0.2, 0.25) is 11.8 Å². The Balaban J connectivity index is 1.35. The molecule has 4 rings (SSSR count). The predicted octanol–water partition coefficient (Wildman–Crippen LogP) is 3.02. The van der Waals surface area contributed by atoms with Crippen molar-refractivity contribution in [3.05, 3.63) is 60.3 Å². The normalized spacial score (nSPS) is 14.3. The maximum atomic E-state index is 12.4. The second-order valence-electron chi connectivity index (χ2n) is 7.12. The van der Waals surface area contributed by atoms with Gasteiger partial charge in [-0.25, -0.2) is 0 Å². The summed E-state index contributed by atoms with van der Waals surface area (Å²) in [6, 6.07) is 15.9. The number of H-pyrrole nitrogens is 1. The number of rotatable bonds is 4. The van der Waals surface area contributed by atoms with Gasteiger partial charge in [0.25, 0.3) is 0 Å². The molecule has 2 aromatic carbocycles. The fourth-order valence-electron chi connectivity index (χ4n) is 3.69. The van der Waals surface area contributed by atoms with Crippen LogP contribution in [0.3, 0.4) is 0 Å². The first-order chi connectivity index (χ1) is 13.6. The molecule has 3 aromatic rings. The van der Waals surface area contributed by atoms with Gasteiger partial charge < -0.3 is 20.1 Å². The third-order valence-corrected chi connectivity index (χ3v) is 5.27. The van der Waals surface area contributed by atoms with Crippen molar-refractivity contribution in [1.82, 2.24) is 9.88 Å². The van der Waals surface area contributed by atoms with Crippen LogP contribution in [0.4, 0.5) is 11.4 Å². The van der Waals surface area contributed by atoms with Crippen LogP contribution in [0.25, 0.3) is 10.9 Å². The molecule has 1 aliphatic rings. The van der Waals surface area contributed by atoms with Crippen LogP contribution in [0.2, 0.25) is 0 Å². The highest BCUT2D eigenvalue weighted by molar-refractivity contribution is 5.95. The molecule has 0 radical (unpaired) electrons. The van der Waals surface area contributed by atoms with Gasteiger partial charge in [0.1, 0.15) is 0 Å². The zero-order chi connectivity index (χ0) is 19.5. The Morgan fingerprint density at radius 1 is 1.00 bits per heavy atom. The van der Waals surface area contributed by atoms with Crippen LogP contribution < -0.4 is 10.2 Å². The van der Waals surface area contributed by atoms with Crippen LogP contribution in [-0.4, -0.2) is 47.9 Å². The lowest BCUT2D eigenvalue weighted by atomic mass is 10.1. The van der Waals surface area contributed by atoms with Gasteiger partial charge in [0.15, 0.2) is 0 Å². The molecule has 6 heteroatoms. The van der Waals surface area contributed by atoms with E-state index in [1.54, 1.807) is 6.92 Å². The lowest BCUT2D eigenvalue weighted by Crippen LogP contribution is -2.48. The molecule has 0 atom stereocenters. The van der Waals surface area contributed by atoms with Gasteiger partial charge in [-0.2, -0.15) is 0 Å². The summed E-state index contributed by atoms with van der Waals surface area (Å²) in [4.78, 5) is 31.2. The third-order valence-electron chi connectivity index (χ3n) is 5.27. The highest BCUT2D eigenvalue weighted by atomic mass is 16.2. The quantitative estimate of drug-likeness (QED) is 0.735. The number of nitrogens with zero attached hydrogens (tertiary/aromatic N) is 2. The maximum absolute atomic E-state index is 12.4. The number of aromatic nitrogens is 1. The molecule has 0 spiro atoms. The molecule has 1 saturated heterocycles. The number of hydrogen-bond acceptors (Lipinski definition) is 3. The largest absolute Gasteiger partial charge is 0.368 e. The number of piperazine rings is 1. The summed E-state index contributed by atoms with van der Waals surface area (Å²) in [5.41, 5.74) is 3.93. The number of fused-ring (bicyclic) bond motifs is 1. The van der Waals surface area contributed by atoms with Crippen LogP contribution in [0, 0.1) is 0 Å². The molecular weight excluding hydrogens is 352 g/mol. The van der Waals surface area contributed by atoms with E-state index in [0.717, 1.165) is 54.0 Å². The fraction of sp³-hybridized carbons (Fsp3) is 0.273. The second kappa shape index (κ2) is 7.76.